The minimum absolute atomic E-state index is 0.573. The zero-order valence-electron chi connectivity index (χ0n) is 28.2. The van der Waals surface area contributed by atoms with Gasteiger partial charge in [0, 0.05) is 0 Å². The Labute approximate surface area is 256 Å². The lowest BCUT2D eigenvalue weighted by atomic mass is 9.84. The highest BCUT2D eigenvalue weighted by atomic mass is 16.4. The number of rotatable bonds is 29. The molecule has 0 spiro atoms. The van der Waals surface area contributed by atoms with Crippen LogP contribution in [-0.2, 0) is 19.3 Å². The first-order chi connectivity index (χ1) is 20.0. The number of carbonyl (C=O) groups is 1. The minimum atomic E-state index is -0.738. The third-order valence-corrected chi connectivity index (χ3v) is 9.19. The van der Waals surface area contributed by atoms with Crippen LogP contribution in [0.3, 0.4) is 0 Å². The van der Waals surface area contributed by atoms with Gasteiger partial charge in [-0.25, -0.2) is 4.79 Å². The van der Waals surface area contributed by atoms with Crippen molar-refractivity contribution in [2.45, 2.75) is 201 Å². The fraction of sp³-hybridized carbons (Fsp3) is 0.821. The van der Waals surface area contributed by atoms with Crippen molar-refractivity contribution in [1.82, 2.24) is 0 Å². The summed E-state index contributed by atoms with van der Waals surface area (Å²) in [5.41, 5.74) is 4.59. The molecule has 0 saturated carbocycles. The number of carboxylic acids is 1. The number of hydrogen-bond donors (Lipinski definition) is 1. The Morgan fingerprint density at radius 1 is 0.561 bits per heavy atom. The summed E-state index contributed by atoms with van der Waals surface area (Å²) in [5.74, 6) is -0.123. The van der Waals surface area contributed by atoms with Crippen LogP contribution in [-0.4, -0.2) is 11.1 Å². The second kappa shape index (κ2) is 26.3. The molecule has 41 heavy (non-hydrogen) atoms. The lowest BCUT2D eigenvalue weighted by Crippen LogP contribution is -2.12. The van der Waals surface area contributed by atoms with Crippen LogP contribution in [0, 0.1) is 5.92 Å². The summed E-state index contributed by atoms with van der Waals surface area (Å²) in [6.07, 6.45) is 34.9. The van der Waals surface area contributed by atoms with E-state index in [9.17, 15) is 9.90 Å². The SMILES string of the molecule is CCCCCCCCCCCCC(C)Cc1c(CCCCCCC)ccc(C(=O)O)c1CCCCCCCCCC. The highest BCUT2D eigenvalue weighted by Gasteiger charge is 2.19. The van der Waals surface area contributed by atoms with E-state index < -0.39 is 5.97 Å². The van der Waals surface area contributed by atoms with Crippen LogP contribution in [0.2, 0.25) is 0 Å². The van der Waals surface area contributed by atoms with Crippen LogP contribution < -0.4 is 0 Å². The van der Waals surface area contributed by atoms with E-state index in [0.29, 0.717) is 11.5 Å². The van der Waals surface area contributed by atoms with Crippen LogP contribution in [0.4, 0.5) is 0 Å². The first-order valence-corrected chi connectivity index (χ1v) is 18.4. The lowest BCUT2D eigenvalue weighted by Gasteiger charge is -2.21. The highest BCUT2D eigenvalue weighted by molar-refractivity contribution is 5.90. The van der Waals surface area contributed by atoms with Crippen molar-refractivity contribution in [3.8, 4) is 0 Å². The van der Waals surface area contributed by atoms with E-state index in [2.05, 4.69) is 33.8 Å². The van der Waals surface area contributed by atoms with Crippen LogP contribution in [0.1, 0.15) is 209 Å². The van der Waals surface area contributed by atoms with Crippen molar-refractivity contribution in [2.75, 3.05) is 0 Å². The fourth-order valence-corrected chi connectivity index (χ4v) is 6.50. The molecule has 1 atom stereocenters. The van der Waals surface area contributed by atoms with Crippen molar-refractivity contribution < 1.29 is 9.90 Å². The predicted molar refractivity (Wildman–Crippen MR) is 182 cm³/mol. The molecule has 2 nitrogen and oxygen atoms in total. The molecule has 0 heterocycles. The molecule has 1 unspecified atom stereocenters. The second-order valence-corrected chi connectivity index (χ2v) is 13.2. The summed E-state index contributed by atoms with van der Waals surface area (Å²) in [6.45, 7) is 9.25. The Hall–Kier alpha value is -1.31. The van der Waals surface area contributed by atoms with Gasteiger partial charge >= 0.3 is 5.97 Å². The van der Waals surface area contributed by atoms with E-state index >= 15 is 0 Å². The van der Waals surface area contributed by atoms with Crippen LogP contribution >= 0.6 is 0 Å². The largest absolute Gasteiger partial charge is 0.478 e. The third kappa shape index (κ3) is 18.8. The molecular weight excluding hydrogens is 500 g/mol. The molecule has 0 aromatic heterocycles. The molecule has 1 aromatic carbocycles. The van der Waals surface area contributed by atoms with Gasteiger partial charge in [0.1, 0.15) is 0 Å². The predicted octanol–water partition coefficient (Wildman–Crippen LogP) is 13.1. The quantitative estimate of drug-likeness (QED) is 0.0972. The molecule has 1 aromatic rings. The van der Waals surface area contributed by atoms with E-state index in [0.717, 1.165) is 25.7 Å². The average Bonchev–Trinajstić information content (AvgIpc) is 2.96. The molecule has 1 rings (SSSR count). The fourth-order valence-electron chi connectivity index (χ4n) is 6.50. The molecule has 0 saturated heterocycles. The number of unbranched alkanes of at least 4 members (excludes halogenated alkanes) is 20. The Morgan fingerprint density at radius 3 is 1.44 bits per heavy atom. The molecule has 0 aliphatic rings. The van der Waals surface area contributed by atoms with Gasteiger partial charge in [-0.05, 0) is 60.8 Å². The van der Waals surface area contributed by atoms with Gasteiger partial charge in [-0.3, -0.25) is 0 Å². The number of aromatic carboxylic acids is 1. The molecule has 0 bridgehead atoms. The van der Waals surface area contributed by atoms with Gasteiger partial charge in [0.2, 0.25) is 0 Å². The summed E-state index contributed by atoms with van der Waals surface area (Å²) >= 11 is 0. The van der Waals surface area contributed by atoms with Crippen LogP contribution in [0.5, 0.6) is 0 Å². The number of hydrogen-bond acceptors (Lipinski definition) is 1. The number of benzene rings is 1. The van der Waals surface area contributed by atoms with Gasteiger partial charge in [0.05, 0.1) is 5.56 Å². The maximum Gasteiger partial charge on any atom is 0.335 e. The van der Waals surface area contributed by atoms with Gasteiger partial charge in [-0.2, -0.15) is 0 Å². The maximum atomic E-state index is 12.3. The maximum absolute atomic E-state index is 12.3. The highest BCUT2D eigenvalue weighted by Crippen LogP contribution is 2.28. The molecular formula is C39H70O2. The first-order valence-electron chi connectivity index (χ1n) is 18.4. The monoisotopic (exact) mass is 571 g/mol. The van der Waals surface area contributed by atoms with Crippen molar-refractivity contribution in [2.24, 2.45) is 5.92 Å². The molecule has 0 aliphatic carbocycles. The molecule has 0 aliphatic heterocycles. The van der Waals surface area contributed by atoms with E-state index in [4.69, 9.17) is 0 Å². The Morgan fingerprint density at radius 2 is 0.976 bits per heavy atom. The minimum Gasteiger partial charge on any atom is -0.478 e. The van der Waals surface area contributed by atoms with E-state index in [-0.39, 0.29) is 0 Å². The summed E-state index contributed by atoms with van der Waals surface area (Å²) in [6, 6.07) is 4.10. The van der Waals surface area contributed by atoms with Gasteiger partial charge in [-0.1, -0.05) is 175 Å². The molecule has 0 amide bonds. The summed E-state index contributed by atoms with van der Waals surface area (Å²) < 4.78 is 0. The van der Waals surface area contributed by atoms with Gasteiger partial charge in [-0.15, -0.1) is 0 Å². The van der Waals surface area contributed by atoms with Crippen LogP contribution in [0.15, 0.2) is 12.1 Å². The van der Waals surface area contributed by atoms with Crippen LogP contribution in [0.25, 0.3) is 0 Å². The van der Waals surface area contributed by atoms with Crippen molar-refractivity contribution in [1.29, 1.82) is 0 Å². The van der Waals surface area contributed by atoms with Gasteiger partial charge in [0.25, 0.3) is 0 Å². The topological polar surface area (TPSA) is 37.3 Å². The third-order valence-electron chi connectivity index (χ3n) is 9.19. The number of aryl methyl sites for hydroxylation is 1. The molecule has 0 fully saturated rings. The smallest absolute Gasteiger partial charge is 0.335 e. The molecule has 2 heteroatoms. The zero-order valence-corrected chi connectivity index (χ0v) is 28.2. The zero-order chi connectivity index (χ0) is 30.0. The van der Waals surface area contributed by atoms with E-state index in [1.807, 2.05) is 6.07 Å². The lowest BCUT2D eigenvalue weighted by molar-refractivity contribution is 0.0695. The Kier molecular flexibility index (Phi) is 24.2. The van der Waals surface area contributed by atoms with E-state index in [1.54, 1.807) is 0 Å². The summed E-state index contributed by atoms with van der Waals surface area (Å²) in [4.78, 5) is 12.3. The van der Waals surface area contributed by atoms with Crippen molar-refractivity contribution in [3.63, 3.8) is 0 Å². The normalized spacial score (nSPS) is 12.2. The Balaban J connectivity index is 2.74. The van der Waals surface area contributed by atoms with Crippen molar-refractivity contribution in [3.05, 3.63) is 34.4 Å². The van der Waals surface area contributed by atoms with Crippen molar-refractivity contribution >= 4 is 5.97 Å². The standard InChI is InChI=1S/C39H70O2/c1-5-8-11-14-16-18-19-20-23-25-28-34(4)33-38-35(29-26-22-13-10-7-3)31-32-37(39(40)41)36(38)30-27-24-21-17-15-12-9-6-2/h31-32,34H,5-30,33H2,1-4H3,(H,40,41). The molecule has 238 valence electrons. The Bertz CT molecular complexity index is 752. The van der Waals surface area contributed by atoms with E-state index in [1.165, 1.54) is 164 Å². The molecule has 0 radical (unpaired) electrons. The first kappa shape index (κ1) is 37.7. The summed E-state index contributed by atoms with van der Waals surface area (Å²) in [7, 11) is 0. The number of carboxylic acid groups (broad SMARTS) is 1. The summed E-state index contributed by atoms with van der Waals surface area (Å²) in [5, 5.41) is 10.1. The average molecular weight is 571 g/mol. The van der Waals surface area contributed by atoms with Gasteiger partial charge in [0.15, 0.2) is 0 Å². The molecule has 1 N–H and O–H groups in total. The van der Waals surface area contributed by atoms with Gasteiger partial charge < -0.3 is 5.11 Å². The second-order valence-electron chi connectivity index (χ2n) is 13.2.